The van der Waals surface area contributed by atoms with Crippen LogP contribution in [-0.4, -0.2) is 44.5 Å². The van der Waals surface area contributed by atoms with Crippen molar-refractivity contribution in [3.8, 4) is 0 Å². The molecule has 0 bridgehead atoms. The molecule has 0 radical (unpaired) electrons. The maximum absolute atomic E-state index is 11.4. The Labute approximate surface area is 111 Å². The molecule has 18 heavy (non-hydrogen) atoms. The van der Waals surface area contributed by atoms with Crippen molar-refractivity contribution in [2.75, 3.05) is 26.8 Å². The Morgan fingerprint density at radius 1 is 1.28 bits per heavy atom. The van der Waals surface area contributed by atoms with E-state index in [1.165, 1.54) is 0 Å². The van der Waals surface area contributed by atoms with Crippen molar-refractivity contribution in [1.29, 1.82) is 0 Å². The van der Waals surface area contributed by atoms with Crippen LogP contribution < -0.4 is 10.6 Å². The Kier molecular flexibility index (Phi) is 8.75. The molecule has 0 spiro atoms. The molecule has 0 aromatic heterocycles. The first-order valence-corrected chi connectivity index (χ1v) is 6.58. The first kappa shape index (κ1) is 17.2. The fourth-order valence-electron chi connectivity index (χ4n) is 1.55. The molecule has 0 aliphatic rings. The Hall–Kier alpha value is -0.810. The number of alkyl carbamates (subject to hydrolysis) is 1. The molecule has 5 nitrogen and oxygen atoms in total. The summed E-state index contributed by atoms with van der Waals surface area (Å²) in [5, 5.41) is 6.06. The largest absolute Gasteiger partial charge is 0.444 e. The molecule has 0 rings (SSSR count). The normalized spacial score (nSPS) is 13.2. The summed E-state index contributed by atoms with van der Waals surface area (Å²) in [5.74, 6) is 0. The van der Waals surface area contributed by atoms with Crippen molar-refractivity contribution in [1.82, 2.24) is 10.6 Å². The van der Waals surface area contributed by atoms with E-state index in [1.54, 1.807) is 7.11 Å². The van der Waals surface area contributed by atoms with Gasteiger partial charge in [0.05, 0.1) is 6.61 Å². The number of hydrogen-bond acceptors (Lipinski definition) is 4. The van der Waals surface area contributed by atoms with Crippen LogP contribution in [0.3, 0.4) is 0 Å². The second kappa shape index (κ2) is 9.16. The molecule has 0 aliphatic heterocycles. The second-order valence-corrected chi connectivity index (χ2v) is 5.32. The van der Waals surface area contributed by atoms with Gasteiger partial charge in [-0.3, -0.25) is 0 Å². The molecule has 5 heteroatoms. The minimum atomic E-state index is -0.446. The lowest BCUT2D eigenvalue weighted by molar-refractivity contribution is 0.0527. The van der Waals surface area contributed by atoms with Gasteiger partial charge in [-0.15, -0.1) is 0 Å². The highest BCUT2D eigenvalue weighted by molar-refractivity contribution is 5.67. The van der Waals surface area contributed by atoms with E-state index in [9.17, 15) is 4.79 Å². The van der Waals surface area contributed by atoms with Gasteiger partial charge >= 0.3 is 6.09 Å². The van der Waals surface area contributed by atoms with Crippen LogP contribution in [0.25, 0.3) is 0 Å². The van der Waals surface area contributed by atoms with Gasteiger partial charge in [0, 0.05) is 26.2 Å². The summed E-state index contributed by atoms with van der Waals surface area (Å²) in [4.78, 5) is 11.4. The predicted octanol–water partition coefficient (Wildman–Crippen LogP) is 1.92. The lowest BCUT2D eigenvalue weighted by Crippen LogP contribution is -2.40. The van der Waals surface area contributed by atoms with Crippen LogP contribution in [-0.2, 0) is 9.47 Å². The van der Waals surface area contributed by atoms with Gasteiger partial charge in [-0.2, -0.15) is 0 Å². The predicted molar refractivity (Wildman–Crippen MR) is 72.8 cm³/mol. The monoisotopic (exact) mass is 260 g/mol. The number of methoxy groups -OCH3 is 1. The van der Waals surface area contributed by atoms with E-state index in [0.29, 0.717) is 25.7 Å². The summed E-state index contributed by atoms with van der Waals surface area (Å²) in [6.07, 6.45) is 1.81. The molecule has 1 amide bonds. The average Bonchev–Trinajstić information content (AvgIpc) is 2.22. The van der Waals surface area contributed by atoms with Crippen LogP contribution in [0, 0.1) is 0 Å². The third-order valence-corrected chi connectivity index (χ3v) is 2.23. The molecule has 108 valence electrons. The zero-order chi connectivity index (χ0) is 14.0. The molecule has 0 fully saturated rings. The topological polar surface area (TPSA) is 59.6 Å². The van der Waals surface area contributed by atoms with E-state index in [0.717, 1.165) is 12.8 Å². The molecular weight excluding hydrogens is 232 g/mol. The molecule has 0 heterocycles. The zero-order valence-corrected chi connectivity index (χ0v) is 12.3. The van der Waals surface area contributed by atoms with Gasteiger partial charge in [0.15, 0.2) is 0 Å². The third-order valence-electron chi connectivity index (χ3n) is 2.23. The first-order valence-electron chi connectivity index (χ1n) is 6.58. The SMILES string of the molecule is CCCC(COC)NCCNC(=O)OC(C)(C)C. The van der Waals surface area contributed by atoms with E-state index in [1.807, 2.05) is 20.8 Å². The van der Waals surface area contributed by atoms with Gasteiger partial charge in [-0.05, 0) is 27.2 Å². The minimum Gasteiger partial charge on any atom is -0.444 e. The molecule has 0 aromatic carbocycles. The van der Waals surface area contributed by atoms with Gasteiger partial charge in [0.25, 0.3) is 0 Å². The summed E-state index contributed by atoms with van der Waals surface area (Å²) >= 11 is 0. The highest BCUT2D eigenvalue weighted by atomic mass is 16.6. The van der Waals surface area contributed by atoms with Crippen molar-refractivity contribution in [2.45, 2.75) is 52.2 Å². The molecule has 1 atom stereocenters. The quantitative estimate of drug-likeness (QED) is 0.655. The van der Waals surface area contributed by atoms with Gasteiger partial charge in [-0.25, -0.2) is 4.79 Å². The van der Waals surface area contributed by atoms with Gasteiger partial charge < -0.3 is 20.1 Å². The fraction of sp³-hybridized carbons (Fsp3) is 0.923. The smallest absolute Gasteiger partial charge is 0.407 e. The van der Waals surface area contributed by atoms with E-state index in [-0.39, 0.29) is 6.09 Å². The molecule has 1 unspecified atom stereocenters. The van der Waals surface area contributed by atoms with Crippen LogP contribution in [0.4, 0.5) is 4.79 Å². The Bertz CT molecular complexity index is 221. The van der Waals surface area contributed by atoms with Crippen molar-refractivity contribution < 1.29 is 14.3 Å². The molecule has 0 saturated carbocycles. The summed E-state index contributed by atoms with van der Waals surface area (Å²) in [6.45, 7) is 9.65. The fourth-order valence-corrected chi connectivity index (χ4v) is 1.55. The number of amides is 1. The lowest BCUT2D eigenvalue weighted by Gasteiger charge is -2.20. The number of hydrogen-bond donors (Lipinski definition) is 2. The highest BCUT2D eigenvalue weighted by Crippen LogP contribution is 2.06. The van der Waals surface area contributed by atoms with Crippen molar-refractivity contribution in [2.24, 2.45) is 0 Å². The summed E-state index contributed by atoms with van der Waals surface area (Å²) < 4.78 is 10.3. The molecule has 0 saturated heterocycles. The van der Waals surface area contributed by atoms with E-state index in [4.69, 9.17) is 9.47 Å². The Balaban J connectivity index is 3.67. The zero-order valence-electron chi connectivity index (χ0n) is 12.3. The van der Waals surface area contributed by atoms with Crippen LogP contribution in [0.5, 0.6) is 0 Å². The molecule has 2 N–H and O–H groups in total. The average molecular weight is 260 g/mol. The van der Waals surface area contributed by atoms with Crippen LogP contribution in [0.15, 0.2) is 0 Å². The van der Waals surface area contributed by atoms with Crippen molar-refractivity contribution in [3.63, 3.8) is 0 Å². The number of carbonyl (C=O) groups is 1. The minimum absolute atomic E-state index is 0.348. The third kappa shape index (κ3) is 10.4. The van der Waals surface area contributed by atoms with Crippen LogP contribution >= 0.6 is 0 Å². The van der Waals surface area contributed by atoms with Crippen LogP contribution in [0.2, 0.25) is 0 Å². The van der Waals surface area contributed by atoms with Crippen molar-refractivity contribution >= 4 is 6.09 Å². The summed E-state index contributed by atoms with van der Waals surface area (Å²) in [7, 11) is 1.70. The number of nitrogens with one attached hydrogen (secondary N) is 2. The molecule has 0 aromatic rings. The summed E-state index contributed by atoms with van der Waals surface area (Å²) in [6, 6.07) is 0.348. The standard InChI is InChI=1S/C13H28N2O3/c1-6-7-11(10-17-5)14-8-9-15-12(16)18-13(2,3)4/h11,14H,6-10H2,1-5H3,(H,15,16). The number of rotatable bonds is 8. The van der Waals surface area contributed by atoms with Crippen molar-refractivity contribution in [3.05, 3.63) is 0 Å². The number of ether oxygens (including phenoxy) is 2. The van der Waals surface area contributed by atoms with Gasteiger partial charge in [-0.1, -0.05) is 13.3 Å². The second-order valence-electron chi connectivity index (χ2n) is 5.32. The number of carbonyl (C=O) groups excluding carboxylic acids is 1. The summed E-state index contributed by atoms with van der Waals surface area (Å²) in [5.41, 5.74) is -0.446. The van der Waals surface area contributed by atoms with E-state index >= 15 is 0 Å². The molecular formula is C13H28N2O3. The van der Waals surface area contributed by atoms with Crippen LogP contribution in [0.1, 0.15) is 40.5 Å². The maximum Gasteiger partial charge on any atom is 0.407 e. The Morgan fingerprint density at radius 2 is 1.94 bits per heavy atom. The van der Waals surface area contributed by atoms with Gasteiger partial charge in [0.2, 0.25) is 0 Å². The van der Waals surface area contributed by atoms with E-state index < -0.39 is 5.60 Å². The highest BCUT2D eigenvalue weighted by Gasteiger charge is 2.15. The lowest BCUT2D eigenvalue weighted by atomic mass is 10.2. The maximum atomic E-state index is 11.4. The van der Waals surface area contributed by atoms with E-state index in [2.05, 4.69) is 17.6 Å². The first-order chi connectivity index (χ1) is 8.39. The Morgan fingerprint density at radius 3 is 2.44 bits per heavy atom. The van der Waals surface area contributed by atoms with Gasteiger partial charge in [0.1, 0.15) is 5.60 Å². The molecule has 0 aliphatic carbocycles.